The molecule has 0 radical (unpaired) electrons. The van der Waals surface area contributed by atoms with Gasteiger partial charge in [-0.2, -0.15) is 0 Å². The fourth-order valence-electron chi connectivity index (χ4n) is 3.42. The van der Waals surface area contributed by atoms with E-state index in [9.17, 15) is 4.79 Å². The zero-order valence-corrected chi connectivity index (χ0v) is 17.7. The van der Waals surface area contributed by atoms with Gasteiger partial charge in [-0.1, -0.05) is 73.7 Å². The summed E-state index contributed by atoms with van der Waals surface area (Å²) in [6.07, 6.45) is 0.953. The summed E-state index contributed by atoms with van der Waals surface area (Å²) in [6.45, 7) is 5.66. The van der Waals surface area contributed by atoms with Crippen LogP contribution in [0.1, 0.15) is 31.7 Å². The third-order valence-corrected chi connectivity index (χ3v) is 5.10. The Labute approximate surface area is 179 Å². The molecule has 4 nitrogen and oxygen atoms in total. The van der Waals surface area contributed by atoms with Gasteiger partial charge in [-0.25, -0.2) is 0 Å². The summed E-state index contributed by atoms with van der Waals surface area (Å²) < 4.78 is 6.21. The van der Waals surface area contributed by atoms with Crippen molar-refractivity contribution >= 4 is 11.6 Å². The van der Waals surface area contributed by atoms with E-state index in [0.29, 0.717) is 25.6 Å². The SMILES string of the molecule is CC(=O)NCCNc1ccccc1-c1ccccc1OCCC(C)c1ccccc1. The Morgan fingerprint density at radius 1 is 0.867 bits per heavy atom. The third kappa shape index (κ3) is 6.11. The van der Waals surface area contributed by atoms with E-state index in [-0.39, 0.29) is 5.91 Å². The van der Waals surface area contributed by atoms with Crippen LogP contribution in [0.3, 0.4) is 0 Å². The molecule has 0 aliphatic carbocycles. The van der Waals surface area contributed by atoms with E-state index in [0.717, 1.165) is 29.0 Å². The van der Waals surface area contributed by atoms with E-state index in [1.165, 1.54) is 12.5 Å². The minimum absolute atomic E-state index is 0.0199. The quantitative estimate of drug-likeness (QED) is 0.442. The van der Waals surface area contributed by atoms with Crippen molar-refractivity contribution in [3.8, 4) is 16.9 Å². The Kier molecular flexibility index (Phi) is 7.90. The van der Waals surface area contributed by atoms with Gasteiger partial charge in [-0.05, 0) is 30.0 Å². The van der Waals surface area contributed by atoms with E-state index in [1.54, 1.807) is 0 Å². The summed E-state index contributed by atoms with van der Waals surface area (Å²) >= 11 is 0. The first kappa shape index (κ1) is 21.4. The number of benzene rings is 3. The maximum absolute atomic E-state index is 11.1. The molecule has 2 N–H and O–H groups in total. The summed E-state index contributed by atoms with van der Waals surface area (Å²) in [5, 5.41) is 6.23. The van der Waals surface area contributed by atoms with Crippen molar-refractivity contribution in [2.75, 3.05) is 25.0 Å². The van der Waals surface area contributed by atoms with E-state index >= 15 is 0 Å². The van der Waals surface area contributed by atoms with Crippen molar-refractivity contribution in [3.05, 3.63) is 84.4 Å². The number of carbonyl (C=O) groups is 1. The Hall–Kier alpha value is -3.27. The second kappa shape index (κ2) is 11.1. The topological polar surface area (TPSA) is 50.4 Å². The van der Waals surface area contributed by atoms with Crippen LogP contribution in [0, 0.1) is 0 Å². The monoisotopic (exact) mass is 402 g/mol. The number of amides is 1. The predicted molar refractivity (Wildman–Crippen MR) is 124 cm³/mol. The molecule has 0 saturated heterocycles. The molecule has 0 aliphatic rings. The molecule has 0 aliphatic heterocycles. The Morgan fingerprint density at radius 2 is 1.53 bits per heavy atom. The minimum Gasteiger partial charge on any atom is -0.493 e. The summed E-state index contributed by atoms with van der Waals surface area (Å²) in [6, 6.07) is 26.9. The first-order valence-electron chi connectivity index (χ1n) is 10.5. The standard InChI is InChI=1S/C26H30N2O2/c1-20(22-10-4-3-5-11-22)16-19-30-26-15-9-7-13-24(26)23-12-6-8-14-25(23)28-18-17-27-21(2)29/h3-15,20,28H,16-19H2,1-2H3,(H,27,29). The number of anilines is 1. The molecular formula is C26H30N2O2. The van der Waals surface area contributed by atoms with Gasteiger partial charge in [0.05, 0.1) is 6.61 Å². The molecule has 1 amide bonds. The van der Waals surface area contributed by atoms with Gasteiger partial charge in [-0.15, -0.1) is 0 Å². The number of carbonyl (C=O) groups excluding carboxylic acids is 1. The highest BCUT2D eigenvalue weighted by atomic mass is 16.5. The third-order valence-electron chi connectivity index (χ3n) is 5.10. The fraction of sp³-hybridized carbons (Fsp3) is 0.269. The van der Waals surface area contributed by atoms with Crippen LogP contribution in [0.2, 0.25) is 0 Å². The van der Waals surface area contributed by atoms with Gasteiger partial charge in [0.25, 0.3) is 0 Å². The molecule has 3 rings (SSSR count). The average molecular weight is 403 g/mol. The van der Waals surface area contributed by atoms with Crippen LogP contribution in [0.4, 0.5) is 5.69 Å². The van der Waals surface area contributed by atoms with Crippen LogP contribution in [-0.2, 0) is 4.79 Å². The van der Waals surface area contributed by atoms with Crippen molar-refractivity contribution in [1.29, 1.82) is 0 Å². The molecule has 4 heteroatoms. The van der Waals surface area contributed by atoms with Gasteiger partial charge in [-0.3, -0.25) is 4.79 Å². The van der Waals surface area contributed by atoms with E-state index < -0.39 is 0 Å². The van der Waals surface area contributed by atoms with Gasteiger partial charge in [0.15, 0.2) is 0 Å². The summed E-state index contributed by atoms with van der Waals surface area (Å²) in [5.74, 6) is 1.31. The van der Waals surface area contributed by atoms with Crippen LogP contribution in [0.25, 0.3) is 11.1 Å². The highest BCUT2D eigenvalue weighted by Crippen LogP contribution is 2.35. The van der Waals surface area contributed by atoms with Gasteiger partial charge in [0, 0.05) is 36.8 Å². The lowest BCUT2D eigenvalue weighted by atomic mass is 9.98. The molecule has 0 bridgehead atoms. The van der Waals surface area contributed by atoms with Crippen molar-refractivity contribution in [2.24, 2.45) is 0 Å². The molecule has 1 unspecified atom stereocenters. The van der Waals surface area contributed by atoms with Gasteiger partial charge in [0.1, 0.15) is 5.75 Å². The average Bonchev–Trinajstić information content (AvgIpc) is 2.78. The number of hydrogen-bond acceptors (Lipinski definition) is 3. The smallest absolute Gasteiger partial charge is 0.216 e. The molecule has 0 heterocycles. The van der Waals surface area contributed by atoms with Crippen LogP contribution in [0.5, 0.6) is 5.75 Å². The number of para-hydroxylation sites is 2. The zero-order valence-electron chi connectivity index (χ0n) is 17.7. The van der Waals surface area contributed by atoms with Crippen LogP contribution in [0.15, 0.2) is 78.9 Å². The largest absolute Gasteiger partial charge is 0.493 e. The summed E-state index contributed by atoms with van der Waals surface area (Å²) in [5.41, 5.74) is 4.51. The Bertz CT molecular complexity index is 941. The highest BCUT2D eigenvalue weighted by molar-refractivity contribution is 5.81. The van der Waals surface area contributed by atoms with Crippen LogP contribution < -0.4 is 15.4 Å². The van der Waals surface area contributed by atoms with Gasteiger partial charge in [0.2, 0.25) is 5.91 Å². The lowest BCUT2D eigenvalue weighted by molar-refractivity contribution is -0.118. The molecule has 1 atom stereocenters. The van der Waals surface area contributed by atoms with Gasteiger partial charge >= 0.3 is 0 Å². The van der Waals surface area contributed by atoms with Crippen molar-refractivity contribution in [3.63, 3.8) is 0 Å². The predicted octanol–water partition coefficient (Wildman–Crippen LogP) is 5.47. The molecule has 3 aromatic rings. The molecule has 0 spiro atoms. The Balaban J connectivity index is 1.67. The number of hydrogen-bond donors (Lipinski definition) is 2. The normalized spacial score (nSPS) is 11.5. The van der Waals surface area contributed by atoms with Crippen molar-refractivity contribution < 1.29 is 9.53 Å². The van der Waals surface area contributed by atoms with E-state index in [4.69, 9.17) is 4.74 Å². The molecule has 0 fully saturated rings. The summed E-state index contributed by atoms with van der Waals surface area (Å²) in [4.78, 5) is 11.1. The maximum Gasteiger partial charge on any atom is 0.216 e. The summed E-state index contributed by atoms with van der Waals surface area (Å²) in [7, 11) is 0. The maximum atomic E-state index is 11.1. The van der Waals surface area contributed by atoms with Gasteiger partial charge < -0.3 is 15.4 Å². The Morgan fingerprint density at radius 3 is 2.30 bits per heavy atom. The zero-order chi connectivity index (χ0) is 21.2. The molecule has 0 aromatic heterocycles. The molecule has 3 aromatic carbocycles. The molecule has 0 saturated carbocycles. The lowest BCUT2D eigenvalue weighted by Gasteiger charge is -2.17. The first-order valence-corrected chi connectivity index (χ1v) is 10.5. The molecule has 156 valence electrons. The number of nitrogens with one attached hydrogen (secondary N) is 2. The van der Waals surface area contributed by atoms with E-state index in [2.05, 4.69) is 60.0 Å². The van der Waals surface area contributed by atoms with Crippen molar-refractivity contribution in [2.45, 2.75) is 26.2 Å². The molecular weight excluding hydrogens is 372 g/mol. The van der Waals surface area contributed by atoms with Crippen LogP contribution in [-0.4, -0.2) is 25.6 Å². The lowest BCUT2D eigenvalue weighted by Crippen LogP contribution is -2.26. The number of ether oxygens (including phenoxy) is 1. The molecule has 30 heavy (non-hydrogen) atoms. The second-order valence-corrected chi connectivity index (χ2v) is 7.40. The highest BCUT2D eigenvalue weighted by Gasteiger charge is 2.11. The van der Waals surface area contributed by atoms with E-state index in [1.807, 2.05) is 36.4 Å². The minimum atomic E-state index is -0.0199. The second-order valence-electron chi connectivity index (χ2n) is 7.40. The number of rotatable bonds is 10. The fourth-order valence-corrected chi connectivity index (χ4v) is 3.42. The first-order chi connectivity index (χ1) is 14.6. The van der Waals surface area contributed by atoms with Crippen LogP contribution >= 0.6 is 0 Å². The van der Waals surface area contributed by atoms with Crippen molar-refractivity contribution in [1.82, 2.24) is 5.32 Å².